The summed E-state index contributed by atoms with van der Waals surface area (Å²) in [6.07, 6.45) is 0. The van der Waals surface area contributed by atoms with Gasteiger partial charge in [-0.3, -0.25) is 0 Å². The number of hydrogen-bond acceptors (Lipinski definition) is 3. The van der Waals surface area contributed by atoms with Gasteiger partial charge in [-0.2, -0.15) is 0 Å². The average molecular weight is 294 g/mol. The van der Waals surface area contributed by atoms with Gasteiger partial charge in [0.15, 0.2) is 0 Å². The lowest BCUT2D eigenvalue weighted by molar-refractivity contribution is 1.34. The van der Waals surface area contributed by atoms with E-state index in [0.29, 0.717) is 0 Å². The van der Waals surface area contributed by atoms with E-state index in [4.69, 9.17) is 10.7 Å². The Morgan fingerprint density at radius 2 is 1.71 bits per heavy atom. The first-order chi connectivity index (χ1) is 10.0. The number of nitrogens with two attached hydrogens (primary N) is 1. The van der Waals surface area contributed by atoms with Crippen molar-refractivity contribution in [3.63, 3.8) is 0 Å². The summed E-state index contributed by atoms with van der Waals surface area (Å²) in [5, 5.41) is 3.13. The van der Waals surface area contributed by atoms with Gasteiger partial charge in [0.05, 0.1) is 5.69 Å². The number of rotatable bonds is 2. The van der Waals surface area contributed by atoms with Crippen molar-refractivity contribution < 1.29 is 0 Å². The summed E-state index contributed by atoms with van der Waals surface area (Å²) >= 11 is 1.66. The van der Waals surface area contributed by atoms with E-state index in [0.717, 1.165) is 27.5 Å². The van der Waals surface area contributed by atoms with Crippen LogP contribution in [0.5, 0.6) is 0 Å². The molecule has 0 fully saturated rings. The first kappa shape index (κ1) is 13.8. The molecule has 3 rings (SSSR count). The van der Waals surface area contributed by atoms with Crippen molar-refractivity contribution in [2.45, 2.75) is 20.8 Å². The highest BCUT2D eigenvalue weighted by molar-refractivity contribution is 7.13. The van der Waals surface area contributed by atoms with Crippen molar-refractivity contribution in [1.29, 1.82) is 0 Å². The molecular weight excluding hydrogens is 276 g/mol. The number of nitrogens with zero attached hydrogens (tertiary/aromatic N) is 1. The van der Waals surface area contributed by atoms with Crippen LogP contribution in [0.25, 0.3) is 21.8 Å². The number of nitrogen functional groups attached to an aromatic ring is 1. The number of aryl methyl sites for hydroxylation is 3. The van der Waals surface area contributed by atoms with Gasteiger partial charge in [0.1, 0.15) is 5.01 Å². The summed E-state index contributed by atoms with van der Waals surface area (Å²) in [5.41, 5.74) is 13.7. The fourth-order valence-corrected chi connectivity index (χ4v) is 3.13. The Hall–Kier alpha value is -2.13. The van der Waals surface area contributed by atoms with E-state index in [1.807, 2.05) is 19.1 Å². The van der Waals surface area contributed by atoms with Crippen LogP contribution in [0.3, 0.4) is 0 Å². The molecule has 21 heavy (non-hydrogen) atoms. The number of hydrogen-bond donors (Lipinski definition) is 1. The van der Waals surface area contributed by atoms with Crippen LogP contribution in [0.1, 0.15) is 16.7 Å². The highest BCUT2D eigenvalue weighted by Gasteiger charge is 2.09. The number of benzene rings is 2. The molecule has 0 bridgehead atoms. The molecule has 0 aliphatic rings. The van der Waals surface area contributed by atoms with Crippen molar-refractivity contribution >= 4 is 17.0 Å². The van der Waals surface area contributed by atoms with Gasteiger partial charge in [0, 0.05) is 22.2 Å². The molecule has 0 unspecified atom stereocenters. The van der Waals surface area contributed by atoms with Crippen LogP contribution in [-0.4, -0.2) is 4.98 Å². The Morgan fingerprint density at radius 1 is 0.952 bits per heavy atom. The molecule has 2 N–H and O–H groups in total. The topological polar surface area (TPSA) is 38.9 Å². The smallest absolute Gasteiger partial charge is 0.124 e. The van der Waals surface area contributed by atoms with Gasteiger partial charge >= 0.3 is 0 Å². The van der Waals surface area contributed by atoms with Crippen molar-refractivity contribution in [3.8, 4) is 21.8 Å². The van der Waals surface area contributed by atoms with E-state index in [-0.39, 0.29) is 0 Å². The van der Waals surface area contributed by atoms with Gasteiger partial charge in [0.2, 0.25) is 0 Å². The SMILES string of the molecule is Cc1ccc(C)c(-c2csc(-c3ccc(C)c(N)c3)n2)c1. The molecule has 106 valence electrons. The van der Waals surface area contributed by atoms with E-state index in [1.165, 1.54) is 16.7 Å². The second-order valence-corrected chi connectivity index (χ2v) is 6.29. The minimum Gasteiger partial charge on any atom is -0.398 e. The molecule has 0 saturated heterocycles. The average Bonchev–Trinajstić information content (AvgIpc) is 2.94. The van der Waals surface area contributed by atoms with Crippen molar-refractivity contribution in [3.05, 3.63) is 58.5 Å². The molecule has 3 aromatic rings. The molecule has 0 amide bonds. The van der Waals surface area contributed by atoms with Gasteiger partial charge in [-0.1, -0.05) is 29.8 Å². The highest BCUT2D eigenvalue weighted by atomic mass is 32.1. The Labute approximate surface area is 129 Å². The molecule has 1 aromatic heterocycles. The molecule has 3 heteroatoms. The van der Waals surface area contributed by atoms with Crippen LogP contribution in [-0.2, 0) is 0 Å². The largest absolute Gasteiger partial charge is 0.398 e. The molecule has 0 aliphatic carbocycles. The lowest BCUT2D eigenvalue weighted by atomic mass is 10.0. The van der Waals surface area contributed by atoms with Crippen LogP contribution in [0.4, 0.5) is 5.69 Å². The third-order valence-corrected chi connectivity index (χ3v) is 4.59. The normalized spacial score (nSPS) is 10.8. The fraction of sp³-hybridized carbons (Fsp3) is 0.167. The summed E-state index contributed by atoms with van der Waals surface area (Å²) in [6.45, 7) is 6.25. The Morgan fingerprint density at radius 3 is 2.48 bits per heavy atom. The minimum absolute atomic E-state index is 0.816. The quantitative estimate of drug-likeness (QED) is 0.677. The molecule has 1 heterocycles. The summed E-state index contributed by atoms with van der Waals surface area (Å²) < 4.78 is 0. The predicted molar refractivity (Wildman–Crippen MR) is 91.6 cm³/mol. The van der Waals surface area contributed by atoms with E-state index < -0.39 is 0 Å². The zero-order valence-corrected chi connectivity index (χ0v) is 13.3. The lowest BCUT2D eigenvalue weighted by Gasteiger charge is -2.04. The predicted octanol–water partition coefficient (Wildman–Crippen LogP) is 4.98. The molecule has 2 nitrogen and oxygen atoms in total. The fourth-order valence-electron chi connectivity index (χ4n) is 2.32. The van der Waals surface area contributed by atoms with Crippen LogP contribution < -0.4 is 5.73 Å². The first-order valence-electron chi connectivity index (χ1n) is 6.94. The standard InChI is InChI=1S/C18H18N2S/c1-11-4-5-12(2)15(8-11)17-10-21-18(20-17)14-7-6-13(3)16(19)9-14/h4-10H,19H2,1-3H3. The van der Waals surface area contributed by atoms with Gasteiger partial charge in [-0.15, -0.1) is 11.3 Å². The summed E-state index contributed by atoms with van der Waals surface area (Å²) in [4.78, 5) is 4.79. The summed E-state index contributed by atoms with van der Waals surface area (Å²) in [6, 6.07) is 12.6. The number of thiazole rings is 1. The second-order valence-electron chi connectivity index (χ2n) is 5.43. The maximum atomic E-state index is 6.00. The van der Waals surface area contributed by atoms with Crippen LogP contribution in [0.2, 0.25) is 0 Å². The zero-order chi connectivity index (χ0) is 15.0. The van der Waals surface area contributed by atoms with Crippen LogP contribution in [0, 0.1) is 20.8 Å². The second kappa shape index (κ2) is 5.34. The van der Waals surface area contributed by atoms with Gasteiger partial charge in [0.25, 0.3) is 0 Å². The zero-order valence-electron chi connectivity index (χ0n) is 12.5. The highest BCUT2D eigenvalue weighted by Crippen LogP contribution is 2.32. The number of anilines is 1. The molecule has 2 aromatic carbocycles. The van der Waals surface area contributed by atoms with Crippen molar-refractivity contribution in [1.82, 2.24) is 4.98 Å². The Bertz CT molecular complexity index is 803. The Kier molecular flexibility index (Phi) is 3.52. The number of aromatic nitrogens is 1. The molecule has 0 aliphatic heterocycles. The van der Waals surface area contributed by atoms with Crippen LogP contribution in [0.15, 0.2) is 41.8 Å². The molecule has 0 radical (unpaired) electrons. The third kappa shape index (κ3) is 2.69. The van der Waals surface area contributed by atoms with E-state index >= 15 is 0 Å². The molecular formula is C18H18N2S. The monoisotopic (exact) mass is 294 g/mol. The lowest BCUT2D eigenvalue weighted by Crippen LogP contribution is -1.90. The van der Waals surface area contributed by atoms with Gasteiger partial charge < -0.3 is 5.73 Å². The summed E-state index contributed by atoms with van der Waals surface area (Å²) in [5.74, 6) is 0. The van der Waals surface area contributed by atoms with Crippen molar-refractivity contribution in [2.24, 2.45) is 0 Å². The molecule has 0 saturated carbocycles. The molecule has 0 spiro atoms. The van der Waals surface area contributed by atoms with Crippen LogP contribution >= 0.6 is 11.3 Å². The third-order valence-electron chi connectivity index (χ3n) is 3.70. The maximum absolute atomic E-state index is 6.00. The minimum atomic E-state index is 0.816. The first-order valence-corrected chi connectivity index (χ1v) is 7.82. The van der Waals surface area contributed by atoms with Gasteiger partial charge in [-0.25, -0.2) is 4.98 Å². The maximum Gasteiger partial charge on any atom is 0.124 e. The Balaban J connectivity index is 2.03. The summed E-state index contributed by atoms with van der Waals surface area (Å²) in [7, 11) is 0. The van der Waals surface area contributed by atoms with Gasteiger partial charge in [-0.05, 0) is 44.0 Å². The van der Waals surface area contributed by atoms with E-state index in [9.17, 15) is 0 Å². The van der Waals surface area contributed by atoms with E-state index in [1.54, 1.807) is 11.3 Å². The van der Waals surface area contributed by atoms with Crippen molar-refractivity contribution in [2.75, 3.05) is 5.73 Å². The van der Waals surface area contributed by atoms with E-state index in [2.05, 4.69) is 43.5 Å². The molecule has 0 atom stereocenters.